The molecular weight excluding hydrogens is 178 g/mol. The van der Waals surface area contributed by atoms with Crippen LogP contribution < -0.4 is 5.73 Å². The Bertz CT molecular complexity index is 184. The van der Waals surface area contributed by atoms with E-state index in [1.807, 2.05) is 6.26 Å². The summed E-state index contributed by atoms with van der Waals surface area (Å²) in [4.78, 5) is 11.1. The van der Waals surface area contributed by atoms with Crippen LogP contribution in [0.3, 0.4) is 0 Å². The van der Waals surface area contributed by atoms with Gasteiger partial charge >= 0.3 is 0 Å². The summed E-state index contributed by atoms with van der Waals surface area (Å²) >= 11 is 1.67. The summed E-state index contributed by atoms with van der Waals surface area (Å²) in [6, 6.07) is 0. The standard InChI is InChI=1S/C6H13N3O2S/c1-8(3-4-12-2)6(7)5-9(10)11/h5H,3-4,7H2,1-2H3/b6-5+. The van der Waals surface area contributed by atoms with Crippen LogP contribution in [-0.4, -0.2) is 35.4 Å². The van der Waals surface area contributed by atoms with Crippen molar-refractivity contribution < 1.29 is 4.92 Å². The molecule has 0 aliphatic rings. The topological polar surface area (TPSA) is 72.4 Å². The molecule has 0 unspecified atom stereocenters. The van der Waals surface area contributed by atoms with Crippen LogP contribution in [0.15, 0.2) is 12.0 Å². The zero-order chi connectivity index (χ0) is 9.56. The first kappa shape index (κ1) is 11.1. The molecule has 0 radical (unpaired) electrons. The fourth-order valence-corrected chi connectivity index (χ4v) is 1.02. The Hall–Kier alpha value is -0.910. The largest absolute Gasteiger partial charge is 0.380 e. The summed E-state index contributed by atoms with van der Waals surface area (Å²) in [5, 5.41) is 10.0. The van der Waals surface area contributed by atoms with E-state index in [4.69, 9.17) is 5.73 Å². The second kappa shape index (κ2) is 5.70. The highest BCUT2D eigenvalue weighted by atomic mass is 32.2. The van der Waals surface area contributed by atoms with Gasteiger partial charge in [-0.3, -0.25) is 10.1 Å². The highest BCUT2D eigenvalue weighted by Crippen LogP contribution is 1.97. The molecule has 0 aromatic carbocycles. The second-order valence-corrected chi connectivity index (χ2v) is 3.24. The van der Waals surface area contributed by atoms with Gasteiger partial charge in [0.05, 0.1) is 4.92 Å². The summed E-state index contributed by atoms with van der Waals surface area (Å²) in [5.74, 6) is 1.09. The van der Waals surface area contributed by atoms with Gasteiger partial charge in [-0.15, -0.1) is 0 Å². The van der Waals surface area contributed by atoms with Crippen LogP contribution in [0.25, 0.3) is 0 Å². The maximum atomic E-state index is 10.0. The lowest BCUT2D eigenvalue weighted by Gasteiger charge is -2.15. The predicted molar refractivity (Wildman–Crippen MR) is 50.3 cm³/mol. The minimum Gasteiger partial charge on any atom is -0.380 e. The van der Waals surface area contributed by atoms with Crippen molar-refractivity contribution in [3.8, 4) is 0 Å². The van der Waals surface area contributed by atoms with Crippen molar-refractivity contribution in [3.63, 3.8) is 0 Å². The summed E-state index contributed by atoms with van der Waals surface area (Å²) in [6.07, 6.45) is 2.78. The van der Waals surface area contributed by atoms with E-state index in [9.17, 15) is 10.1 Å². The molecule has 0 atom stereocenters. The van der Waals surface area contributed by atoms with Crippen LogP contribution in [0, 0.1) is 10.1 Å². The summed E-state index contributed by atoms with van der Waals surface area (Å²) in [7, 11) is 1.73. The number of nitro groups is 1. The van der Waals surface area contributed by atoms with Crippen molar-refractivity contribution >= 4 is 11.8 Å². The highest BCUT2D eigenvalue weighted by Gasteiger charge is 2.02. The molecule has 12 heavy (non-hydrogen) atoms. The summed E-state index contributed by atoms with van der Waals surface area (Å²) in [6.45, 7) is 0.720. The molecule has 6 heteroatoms. The van der Waals surface area contributed by atoms with E-state index < -0.39 is 4.92 Å². The number of hydrogen-bond donors (Lipinski definition) is 1. The Morgan fingerprint density at radius 3 is 2.83 bits per heavy atom. The third-order valence-electron chi connectivity index (χ3n) is 1.31. The molecule has 0 aliphatic heterocycles. The number of nitrogens with two attached hydrogens (primary N) is 1. The molecule has 0 amide bonds. The first-order valence-corrected chi connectivity index (χ1v) is 4.78. The molecule has 5 nitrogen and oxygen atoms in total. The fraction of sp³-hybridized carbons (Fsp3) is 0.667. The lowest BCUT2D eigenvalue weighted by atomic mass is 10.6. The number of nitrogens with zero attached hydrogens (tertiary/aromatic N) is 2. The monoisotopic (exact) mass is 191 g/mol. The van der Waals surface area contributed by atoms with E-state index in [0.29, 0.717) is 0 Å². The van der Waals surface area contributed by atoms with Gasteiger partial charge in [-0.1, -0.05) is 0 Å². The van der Waals surface area contributed by atoms with Crippen molar-refractivity contribution in [2.75, 3.05) is 25.6 Å². The van der Waals surface area contributed by atoms with Crippen molar-refractivity contribution in [1.82, 2.24) is 4.90 Å². The molecule has 0 aromatic rings. The van der Waals surface area contributed by atoms with Crippen LogP contribution in [0.1, 0.15) is 0 Å². The number of thioether (sulfide) groups is 1. The van der Waals surface area contributed by atoms with Gasteiger partial charge in [-0.2, -0.15) is 11.8 Å². The Balaban J connectivity index is 3.91. The quantitative estimate of drug-likeness (QED) is 0.500. The molecule has 0 fully saturated rings. The Labute approximate surface area is 75.8 Å². The minimum absolute atomic E-state index is 0.189. The van der Waals surface area contributed by atoms with Crippen molar-refractivity contribution in [2.45, 2.75) is 0 Å². The molecule has 70 valence electrons. The van der Waals surface area contributed by atoms with Gasteiger partial charge in [-0.25, -0.2) is 0 Å². The third-order valence-corrected chi connectivity index (χ3v) is 1.90. The predicted octanol–water partition coefficient (Wildman–Crippen LogP) is 0.316. The molecule has 0 heterocycles. The SMILES string of the molecule is CSCCN(C)/C(N)=C/[N+](=O)[O-]. The average molecular weight is 191 g/mol. The zero-order valence-corrected chi connectivity index (χ0v) is 8.00. The van der Waals surface area contributed by atoms with Gasteiger partial charge in [0.2, 0.25) is 0 Å². The van der Waals surface area contributed by atoms with Gasteiger partial charge in [0.25, 0.3) is 6.20 Å². The van der Waals surface area contributed by atoms with Crippen molar-refractivity contribution in [2.24, 2.45) is 5.73 Å². The number of rotatable bonds is 5. The van der Waals surface area contributed by atoms with E-state index in [2.05, 4.69) is 0 Å². The Kier molecular flexibility index (Phi) is 5.27. The minimum atomic E-state index is -0.551. The van der Waals surface area contributed by atoms with Crippen LogP contribution in [0.2, 0.25) is 0 Å². The van der Waals surface area contributed by atoms with Crippen molar-refractivity contribution in [3.05, 3.63) is 22.1 Å². The second-order valence-electron chi connectivity index (χ2n) is 2.25. The molecule has 0 spiro atoms. The maximum absolute atomic E-state index is 10.0. The fourth-order valence-electron chi connectivity index (χ4n) is 0.564. The van der Waals surface area contributed by atoms with Gasteiger partial charge in [0.1, 0.15) is 0 Å². The van der Waals surface area contributed by atoms with E-state index in [1.54, 1.807) is 23.7 Å². The first-order valence-electron chi connectivity index (χ1n) is 3.38. The summed E-state index contributed by atoms with van der Waals surface area (Å²) in [5.41, 5.74) is 5.40. The van der Waals surface area contributed by atoms with Gasteiger partial charge in [-0.05, 0) is 6.26 Å². The van der Waals surface area contributed by atoms with E-state index >= 15 is 0 Å². The molecule has 0 rings (SSSR count). The van der Waals surface area contributed by atoms with Crippen LogP contribution in [0.4, 0.5) is 0 Å². The molecule has 0 bridgehead atoms. The Morgan fingerprint density at radius 1 is 1.83 bits per heavy atom. The van der Waals surface area contributed by atoms with Crippen LogP contribution >= 0.6 is 11.8 Å². The molecule has 0 saturated carbocycles. The van der Waals surface area contributed by atoms with E-state index in [-0.39, 0.29) is 5.82 Å². The van der Waals surface area contributed by atoms with Gasteiger partial charge in [0.15, 0.2) is 5.82 Å². The molecule has 0 saturated heterocycles. The normalized spacial score (nSPS) is 11.3. The van der Waals surface area contributed by atoms with Crippen LogP contribution in [0.5, 0.6) is 0 Å². The van der Waals surface area contributed by atoms with Gasteiger partial charge < -0.3 is 10.6 Å². The maximum Gasteiger partial charge on any atom is 0.274 e. The molecule has 0 aliphatic carbocycles. The summed E-state index contributed by atoms with van der Waals surface area (Å²) < 4.78 is 0. The van der Waals surface area contributed by atoms with Crippen LogP contribution in [-0.2, 0) is 0 Å². The average Bonchev–Trinajstić information content (AvgIpc) is 1.98. The molecular formula is C6H13N3O2S. The highest BCUT2D eigenvalue weighted by molar-refractivity contribution is 7.98. The smallest absolute Gasteiger partial charge is 0.274 e. The van der Waals surface area contributed by atoms with Crippen molar-refractivity contribution in [1.29, 1.82) is 0 Å². The Morgan fingerprint density at radius 2 is 2.42 bits per heavy atom. The van der Waals surface area contributed by atoms with E-state index in [1.165, 1.54) is 0 Å². The molecule has 0 aromatic heterocycles. The third kappa shape index (κ3) is 4.84. The first-order chi connectivity index (χ1) is 5.57. The lowest BCUT2D eigenvalue weighted by Crippen LogP contribution is -2.26. The zero-order valence-electron chi connectivity index (χ0n) is 7.19. The van der Waals surface area contributed by atoms with E-state index in [0.717, 1.165) is 18.5 Å². The lowest BCUT2D eigenvalue weighted by molar-refractivity contribution is -0.404. The number of hydrogen-bond acceptors (Lipinski definition) is 5. The molecule has 2 N–H and O–H groups in total. The van der Waals surface area contributed by atoms with Gasteiger partial charge in [0, 0.05) is 19.3 Å².